The molecule has 3 aromatic rings. The van der Waals surface area contributed by atoms with Gasteiger partial charge in [-0.25, -0.2) is 14.6 Å². The van der Waals surface area contributed by atoms with Gasteiger partial charge in [0.05, 0.1) is 17.8 Å². The molecule has 4 amide bonds. The van der Waals surface area contributed by atoms with Gasteiger partial charge in [-0.3, -0.25) is 5.32 Å². The lowest BCUT2D eigenvalue weighted by atomic mass is 9.99. The molecule has 3 N–H and O–H groups in total. The summed E-state index contributed by atoms with van der Waals surface area (Å²) >= 11 is 6.07. The molecule has 4 rings (SSSR count). The number of carbonyl (C=O) groups excluding carboxylic acids is 2. The quantitative estimate of drug-likeness (QED) is 0.407. The van der Waals surface area contributed by atoms with Crippen molar-refractivity contribution in [2.24, 2.45) is 0 Å². The summed E-state index contributed by atoms with van der Waals surface area (Å²) < 4.78 is 5.31. The van der Waals surface area contributed by atoms with Crippen LogP contribution in [-0.2, 0) is 0 Å². The van der Waals surface area contributed by atoms with Crippen molar-refractivity contribution in [2.45, 2.75) is 13.3 Å². The Morgan fingerprint density at radius 1 is 1.06 bits per heavy atom. The summed E-state index contributed by atoms with van der Waals surface area (Å²) in [6.07, 6.45) is 4.32. The number of rotatable bonds is 5. The first-order chi connectivity index (χ1) is 16.9. The van der Waals surface area contributed by atoms with Crippen molar-refractivity contribution in [2.75, 3.05) is 36.1 Å². The van der Waals surface area contributed by atoms with E-state index < -0.39 is 0 Å². The van der Waals surface area contributed by atoms with Crippen molar-refractivity contribution >= 4 is 46.4 Å². The van der Waals surface area contributed by atoms with Crippen LogP contribution in [0.2, 0.25) is 5.02 Å². The zero-order valence-electron chi connectivity index (χ0n) is 19.5. The summed E-state index contributed by atoms with van der Waals surface area (Å²) in [5.41, 5.74) is 4.48. The summed E-state index contributed by atoms with van der Waals surface area (Å²) in [4.78, 5) is 30.8. The van der Waals surface area contributed by atoms with Gasteiger partial charge in [0.1, 0.15) is 5.75 Å². The summed E-state index contributed by atoms with van der Waals surface area (Å²) in [5, 5.41) is 8.81. The molecule has 0 atom stereocenters. The number of halogens is 1. The van der Waals surface area contributed by atoms with Gasteiger partial charge in [-0.05, 0) is 66.4 Å². The Hall–Kier alpha value is -4.04. The molecule has 9 heteroatoms. The van der Waals surface area contributed by atoms with Crippen LogP contribution in [0.1, 0.15) is 17.5 Å². The first-order valence-electron chi connectivity index (χ1n) is 11.1. The fourth-order valence-electron chi connectivity index (χ4n) is 3.75. The van der Waals surface area contributed by atoms with Crippen LogP contribution >= 0.6 is 11.6 Å². The number of nitrogens with zero attached hydrogens (tertiary/aromatic N) is 2. The predicted molar refractivity (Wildman–Crippen MR) is 139 cm³/mol. The fraction of sp³-hybridized carbons (Fsp3) is 0.192. The first-order valence-corrected chi connectivity index (χ1v) is 11.5. The number of hydrogen-bond donors (Lipinski definition) is 3. The Bertz CT molecular complexity index is 1260. The van der Waals surface area contributed by atoms with Gasteiger partial charge in [-0.15, -0.1) is 0 Å². The number of urea groups is 2. The number of hydrogen-bond acceptors (Lipinski definition) is 4. The highest BCUT2D eigenvalue weighted by Crippen LogP contribution is 2.27. The highest BCUT2D eigenvalue weighted by Gasteiger charge is 2.19. The zero-order valence-corrected chi connectivity index (χ0v) is 20.2. The highest BCUT2D eigenvalue weighted by atomic mass is 35.5. The van der Waals surface area contributed by atoms with E-state index in [9.17, 15) is 9.59 Å². The molecule has 0 saturated heterocycles. The van der Waals surface area contributed by atoms with Crippen LogP contribution in [0.15, 0.2) is 66.9 Å². The number of aromatic nitrogens is 1. The van der Waals surface area contributed by atoms with E-state index in [1.807, 2.05) is 55.5 Å². The number of pyridine rings is 1. The third kappa shape index (κ3) is 6.10. The minimum absolute atomic E-state index is 0.239. The number of methoxy groups -OCH3 is 1. The van der Waals surface area contributed by atoms with Crippen LogP contribution in [0.3, 0.4) is 0 Å². The van der Waals surface area contributed by atoms with E-state index in [-0.39, 0.29) is 12.1 Å². The molecule has 1 aliphatic heterocycles. The summed E-state index contributed by atoms with van der Waals surface area (Å²) in [6.45, 7) is 3.00. The van der Waals surface area contributed by atoms with Gasteiger partial charge in [0.25, 0.3) is 0 Å². The van der Waals surface area contributed by atoms with Crippen LogP contribution in [0.4, 0.5) is 26.8 Å². The maximum Gasteiger partial charge on any atom is 0.323 e. The minimum Gasteiger partial charge on any atom is -0.495 e. The predicted octanol–water partition coefficient (Wildman–Crippen LogP) is 6.02. The standard InChI is InChI=1S/C26H26ClN5O3/c1-17-5-10-23(35-2)22(16-17)30-25(33)29-20-8-6-18(7-9-20)19-11-14-32(15-12-19)26(34)31-24-21(27)4-3-13-28-24/h3-11,13,16H,12,14-15H2,1-2H3,(H,28,31,34)(H2,29,30,33). The summed E-state index contributed by atoms with van der Waals surface area (Å²) in [5.74, 6) is 0.943. The molecule has 2 heterocycles. The van der Waals surface area contributed by atoms with E-state index in [0.717, 1.165) is 16.7 Å². The maximum atomic E-state index is 12.5. The van der Waals surface area contributed by atoms with Crippen molar-refractivity contribution in [1.82, 2.24) is 9.88 Å². The Balaban J connectivity index is 1.33. The number of amides is 4. The van der Waals surface area contributed by atoms with Gasteiger partial charge in [-0.1, -0.05) is 35.9 Å². The third-order valence-electron chi connectivity index (χ3n) is 5.60. The number of ether oxygens (including phenoxy) is 1. The monoisotopic (exact) mass is 491 g/mol. The Morgan fingerprint density at radius 2 is 1.86 bits per heavy atom. The van der Waals surface area contributed by atoms with E-state index in [1.165, 1.54) is 0 Å². The first kappa shape index (κ1) is 24.1. The molecule has 0 bridgehead atoms. The fourth-order valence-corrected chi connectivity index (χ4v) is 3.91. The van der Waals surface area contributed by atoms with Crippen molar-refractivity contribution in [3.8, 4) is 5.75 Å². The van der Waals surface area contributed by atoms with Crippen LogP contribution in [0.25, 0.3) is 5.57 Å². The zero-order chi connectivity index (χ0) is 24.8. The number of carbonyl (C=O) groups is 2. The molecule has 1 aromatic heterocycles. The Labute approximate surface area is 209 Å². The lowest BCUT2D eigenvalue weighted by molar-refractivity contribution is 0.217. The Kier molecular flexibility index (Phi) is 7.52. The largest absolute Gasteiger partial charge is 0.495 e. The van der Waals surface area contributed by atoms with Crippen molar-refractivity contribution < 1.29 is 14.3 Å². The lowest BCUT2D eigenvalue weighted by Gasteiger charge is -2.27. The second kappa shape index (κ2) is 10.9. The molecule has 0 radical (unpaired) electrons. The van der Waals surface area contributed by atoms with E-state index in [4.69, 9.17) is 16.3 Å². The molecular formula is C26H26ClN5O3. The maximum absolute atomic E-state index is 12.5. The molecule has 0 saturated carbocycles. The molecular weight excluding hydrogens is 466 g/mol. The van der Waals surface area contributed by atoms with Gasteiger partial charge in [0, 0.05) is 25.0 Å². The van der Waals surface area contributed by atoms with E-state index >= 15 is 0 Å². The molecule has 8 nitrogen and oxygen atoms in total. The van der Waals surface area contributed by atoms with E-state index in [2.05, 4.69) is 20.9 Å². The number of aryl methyl sites for hydroxylation is 1. The van der Waals surface area contributed by atoms with E-state index in [1.54, 1.807) is 30.3 Å². The average Bonchev–Trinajstić information content (AvgIpc) is 2.86. The molecule has 35 heavy (non-hydrogen) atoms. The molecule has 0 spiro atoms. The number of benzene rings is 2. The van der Waals surface area contributed by atoms with Crippen molar-refractivity contribution in [3.63, 3.8) is 0 Å². The summed E-state index contributed by atoms with van der Waals surface area (Å²) in [6, 6.07) is 16.0. The van der Waals surface area contributed by atoms with Gasteiger partial charge in [0.15, 0.2) is 5.82 Å². The summed E-state index contributed by atoms with van der Waals surface area (Å²) in [7, 11) is 1.56. The second-order valence-electron chi connectivity index (χ2n) is 8.05. The Morgan fingerprint density at radius 3 is 2.54 bits per heavy atom. The van der Waals surface area contributed by atoms with Crippen LogP contribution in [0.5, 0.6) is 5.75 Å². The van der Waals surface area contributed by atoms with E-state index in [0.29, 0.717) is 47.5 Å². The number of nitrogens with one attached hydrogen (secondary N) is 3. The topological polar surface area (TPSA) is 95.6 Å². The SMILES string of the molecule is COc1ccc(C)cc1NC(=O)Nc1ccc(C2=CCN(C(=O)Nc3ncccc3Cl)CC2)cc1. The number of anilines is 3. The van der Waals surface area contributed by atoms with Gasteiger partial charge in [-0.2, -0.15) is 0 Å². The van der Waals surface area contributed by atoms with Gasteiger partial charge < -0.3 is 20.3 Å². The van der Waals surface area contributed by atoms with Crippen molar-refractivity contribution in [1.29, 1.82) is 0 Å². The smallest absolute Gasteiger partial charge is 0.323 e. The van der Waals surface area contributed by atoms with Crippen LogP contribution in [0, 0.1) is 6.92 Å². The van der Waals surface area contributed by atoms with Crippen LogP contribution in [-0.4, -0.2) is 42.1 Å². The third-order valence-corrected chi connectivity index (χ3v) is 5.90. The minimum atomic E-state index is -0.354. The molecule has 0 fully saturated rings. The molecule has 1 aliphatic rings. The molecule has 180 valence electrons. The molecule has 2 aromatic carbocycles. The molecule has 0 unspecified atom stereocenters. The molecule has 0 aliphatic carbocycles. The lowest BCUT2D eigenvalue weighted by Crippen LogP contribution is -2.38. The second-order valence-corrected chi connectivity index (χ2v) is 8.46. The normalized spacial score (nSPS) is 13.0. The van der Waals surface area contributed by atoms with Crippen LogP contribution < -0.4 is 20.7 Å². The van der Waals surface area contributed by atoms with Gasteiger partial charge in [0.2, 0.25) is 0 Å². The van der Waals surface area contributed by atoms with Gasteiger partial charge >= 0.3 is 12.1 Å². The van der Waals surface area contributed by atoms with Crippen molar-refractivity contribution in [3.05, 3.63) is 83.0 Å². The highest BCUT2D eigenvalue weighted by molar-refractivity contribution is 6.33. The average molecular weight is 492 g/mol.